The van der Waals surface area contributed by atoms with Gasteiger partial charge in [-0.25, -0.2) is 4.79 Å². The molecule has 11 heteroatoms. The predicted molar refractivity (Wildman–Crippen MR) is 54.6 cm³/mol. The number of rotatable bonds is 3. The number of aromatic nitrogens is 1. The number of carbonyl (C=O) groups is 2. The highest BCUT2D eigenvalue weighted by atomic mass is 19.4. The van der Waals surface area contributed by atoms with Gasteiger partial charge < -0.3 is 9.30 Å². The van der Waals surface area contributed by atoms with Crippen molar-refractivity contribution in [3.63, 3.8) is 0 Å². The van der Waals surface area contributed by atoms with E-state index in [-0.39, 0.29) is 5.69 Å². The molecule has 1 rings (SSSR count). The molecule has 0 spiro atoms. The minimum atomic E-state index is -6.22. The molecule has 0 aliphatic carbocycles. The minimum Gasteiger partial charge on any atom is -0.464 e. The summed E-state index contributed by atoms with van der Waals surface area (Å²) in [5.41, 5.74) is -1.13. The largest absolute Gasteiger partial charge is 0.478 e. The standard InChI is InChI=1S/C10H8F5N2O4/c1-16-5(3-4-6(16)8(19)21-2)7(18)17(20)10(14,15)9(11,12)13/h3-4H,1-2H3. The van der Waals surface area contributed by atoms with E-state index in [2.05, 4.69) is 4.74 Å². The Bertz CT molecular complexity index is 566. The number of carbonyl (C=O) groups excluding carboxylic acids is 2. The Balaban J connectivity index is 3.16. The maximum absolute atomic E-state index is 12.8. The maximum Gasteiger partial charge on any atom is 0.478 e. The van der Waals surface area contributed by atoms with Crippen molar-refractivity contribution in [2.45, 2.75) is 12.2 Å². The van der Waals surface area contributed by atoms with Gasteiger partial charge in [-0.05, 0) is 12.1 Å². The van der Waals surface area contributed by atoms with Crippen molar-refractivity contribution in [3.05, 3.63) is 23.5 Å². The Morgan fingerprint density at radius 1 is 1.14 bits per heavy atom. The highest BCUT2D eigenvalue weighted by Gasteiger charge is 2.65. The van der Waals surface area contributed by atoms with Crippen LogP contribution in [-0.4, -0.2) is 40.8 Å². The second kappa shape index (κ2) is 5.31. The molecule has 1 amide bonds. The molecular formula is C10H8F5N2O4. The minimum absolute atomic E-state index is 0.301. The van der Waals surface area contributed by atoms with Crippen LogP contribution in [0.5, 0.6) is 0 Å². The molecule has 117 valence electrons. The summed E-state index contributed by atoms with van der Waals surface area (Å²) in [6.45, 7) is 0. The fourth-order valence-electron chi connectivity index (χ4n) is 1.38. The van der Waals surface area contributed by atoms with Crippen molar-refractivity contribution in [3.8, 4) is 0 Å². The Labute approximate surface area is 114 Å². The molecule has 0 aliphatic rings. The molecule has 0 fully saturated rings. The van der Waals surface area contributed by atoms with Gasteiger partial charge >= 0.3 is 24.1 Å². The fourth-order valence-corrected chi connectivity index (χ4v) is 1.38. The highest BCUT2D eigenvalue weighted by Crippen LogP contribution is 2.38. The lowest BCUT2D eigenvalue weighted by molar-refractivity contribution is -0.397. The van der Waals surface area contributed by atoms with Gasteiger partial charge in [-0.3, -0.25) is 4.79 Å². The van der Waals surface area contributed by atoms with Crippen LogP contribution in [0.25, 0.3) is 0 Å². The molecule has 1 radical (unpaired) electrons. The lowest BCUT2D eigenvalue weighted by atomic mass is 10.3. The van der Waals surface area contributed by atoms with Crippen molar-refractivity contribution in [2.75, 3.05) is 7.11 Å². The number of methoxy groups -OCH3 is 1. The fraction of sp³-hybridized carbons (Fsp3) is 0.400. The number of halogens is 5. The lowest BCUT2D eigenvalue weighted by Crippen LogP contribution is -2.52. The molecule has 0 saturated heterocycles. The van der Waals surface area contributed by atoms with E-state index in [4.69, 9.17) is 0 Å². The zero-order chi connectivity index (χ0) is 16.6. The Kier molecular flexibility index (Phi) is 4.27. The van der Waals surface area contributed by atoms with Crippen LogP contribution in [0.3, 0.4) is 0 Å². The number of amides is 1. The van der Waals surface area contributed by atoms with Crippen LogP contribution >= 0.6 is 0 Å². The van der Waals surface area contributed by atoms with Gasteiger partial charge in [0.05, 0.1) is 7.11 Å². The smallest absolute Gasteiger partial charge is 0.464 e. The quantitative estimate of drug-likeness (QED) is 0.369. The van der Waals surface area contributed by atoms with Gasteiger partial charge in [0.2, 0.25) is 0 Å². The van der Waals surface area contributed by atoms with E-state index >= 15 is 0 Å². The third kappa shape index (κ3) is 2.82. The second-order valence-corrected chi connectivity index (χ2v) is 3.79. The molecule has 1 aromatic rings. The first-order valence-electron chi connectivity index (χ1n) is 5.15. The van der Waals surface area contributed by atoms with Crippen molar-refractivity contribution < 1.29 is 41.5 Å². The summed E-state index contributed by atoms with van der Waals surface area (Å²) in [7, 11) is 2.02. The topological polar surface area (TPSA) is 71.4 Å². The first-order chi connectivity index (χ1) is 9.45. The van der Waals surface area contributed by atoms with Gasteiger partial charge in [-0.1, -0.05) is 5.21 Å². The molecule has 1 heterocycles. The zero-order valence-corrected chi connectivity index (χ0v) is 10.6. The van der Waals surface area contributed by atoms with Gasteiger partial charge in [0.15, 0.2) is 0 Å². The Hall–Kier alpha value is -2.17. The van der Waals surface area contributed by atoms with Crippen LogP contribution in [0, 0.1) is 0 Å². The molecule has 0 aromatic carbocycles. The van der Waals surface area contributed by atoms with Gasteiger partial charge in [0, 0.05) is 7.05 Å². The van der Waals surface area contributed by atoms with Crippen molar-refractivity contribution >= 4 is 11.9 Å². The van der Waals surface area contributed by atoms with Gasteiger partial charge in [0.25, 0.3) is 0 Å². The summed E-state index contributed by atoms with van der Waals surface area (Å²) in [6.07, 6.45) is -6.22. The predicted octanol–water partition coefficient (Wildman–Crippen LogP) is 1.75. The molecule has 0 atom stereocenters. The van der Waals surface area contributed by atoms with Gasteiger partial charge in [-0.15, -0.1) is 5.06 Å². The van der Waals surface area contributed by atoms with E-state index in [0.717, 1.165) is 26.3 Å². The monoisotopic (exact) mass is 315 g/mol. The average molecular weight is 315 g/mol. The number of hydrogen-bond donors (Lipinski definition) is 0. The third-order valence-electron chi connectivity index (χ3n) is 2.52. The van der Waals surface area contributed by atoms with E-state index in [1.165, 1.54) is 0 Å². The van der Waals surface area contributed by atoms with Crippen molar-refractivity contribution in [1.82, 2.24) is 9.63 Å². The van der Waals surface area contributed by atoms with E-state index in [1.807, 2.05) is 0 Å². The first kappa shape index (κ1) is 16.9. The van der Waals surface area contributed by atoms with Crippen LogP contribution in [0.4, 0.5) is 22.0 Å². The number of nitrogens with zero attached hydrogens (tertiary/aromatic N) is 2. The normalized spacial score (nSPS) is 12.2. The molecule has 0 N–H and O–H groups in total. The number of alkyl halides is 5. The maximum atomic E-state index is 12.8. The van der Waals surface area contributed by atoms with Crippen LogP contribution in [0.15, 0.2) is 12.1 Å². The second-order valence-electron chi connectivity index (χ2n) is 3.79. The molecule has 0 saturated carbocycles. The van der Waals surface area contributed by atoms with E-state index in [0.29, 0.717) is 4.57 Å². The Morgan fingerprint density at radius 2 is 1.62 bits per heavy atom. The number of esters is 1. The van der Waals surface area contributed by atoms with Gasteiger partial charge in [-0.2, -0.15) is 22.0 Å². The van der Waals surface area contributed by atoms with Crippen LogP contribution in [0.2, 0.25) is 0 Å². The number of hydrogen-bond acceptors (Lipinski definition) is 3. The van der Waals surface area contributed by atoms with Gasteiger partial charge in [0.1, 0.15) is 11.4 Å². The van der Waals surface area contributed by atoms with E-state index in [9.17, 15) is 36.7 Å². The summed E-state index contributed by atoms with van der Waals surface area (Å²) in [5, 5.41) is 9.00. The lowest BCUT2D eigenvalue weighted by Gasteiger charge is -2.24. The summed E-state index contributed by atoms with van der Waals surface area (Å²) >= 11 is 0. The third-order valence-corrected chi connectivity index (χ3v) is 2.52. The molecule has 6 nitrogen and oxygen atoms in total. The van der Waals surface area contributed by atoms with E-state index in [1.54, 1.807) is 0 Å². The van der Waals surface area contributed by atoms with E-state index < -0.39 is 34.9 Å². The van der Waals surface area contributed by atoms with Crippen molar-refractivity contribution in [2.24, 2.45) is 7.05 Å². The molecule has 21 heavy (non-hydrogen) atoms. The molecular weight excluding hydrogens is 307 g/mol. The average Bonchev–Trinajstić information content (AvgIpc) is 2.76. The highest BCUT2D eigenvalue weighted by molar-refractivity contribution is 5.95. The summed E-state index contributed by atoms with van der Waals surface area (Å²) < 4.78 is 66.6. The van der Waals surface area contributed by atoms with Crippen molar-refractivity contribution in [1.29, 1.82) is 0 Å². The summed E-state index contributed by atoms with van der Waals surface area (Å²) in [6, 6.07) is -4.19. The number of ether oxygens (including phenoxy) is 1. The molecule has 0 aliphatic heterocycles. The SMILES string of the molecule is COC(=O)c1ccc(C(=O)N([O])C(F)(F)C(F)(F)F)n1C. The van der Waals surface area contributed by atoms with Crippen LogP contribution in [-0.2, 0) is 17.0 Å². The summed E-state index contributed by atoms with van der Waals surface area (Å²) in [4.78, 5) is 22.7. The molecule has 1 aromatic heterocycles. The molecule has 0 bridgehead atoms. The first-order valence-corrected chi connectivity index (χ1v) is 5.15. The Morgan fingerprint density at radius 3 is 2.05 bits per heavy atom. The zero-order valence-electron chi connectivity index (χ0n) is 10.6. The van der Waals surface area contributed by atoms with Crippen LogP contribution in [0.1, 0.15) is 21.0 Å². The molecule has 0 unspecified atom stereocenters. The van der Waals surface area contributed by atoms with Crippen LogP contribution < -0.4 is 0 Å². The number of hydroxylamine groups is 2. The summed E-state index contributed by atoms with van der Waals surface area (Å²) in [5.74, 6) is -3.11.